The van der Waals surface area contributed by atoms with Crippen molar-refractivity contribution in [3.05, 3.63) is 81.2 Å². The summed E-state index contributed by atoms with van der Waals surface area (Å²) in [4.78, 5) is 4.14. The number of hydrogen-bond donors (Lipinski definition) is 0. The largest absolute Gasteiger partial charge is 0.487 e. The molecule has 2 unspecified atom stereocenters. The van der Waals surface area contributed by atoms with Crippen molar-refractivity contribution in [2.24, 2.45) is 0 Å². The number of fused-ring (bicyclic) bond motifs is 2. The smallest absolute Gasteiger partial charge is 0.0319 e. The Hall–Kier alpha value is 0.258. The van der Waals surface area contributed by atoms with Crippen molar-refractivity contribution in [3.63, 3.8) is 0 Å². The van der Waals surface area contributed by atoms with Gasteiger partial charge in [-0.3, -0.25) is 0 Å². The molecule has 0 spiro atoms. The molecule has 3 aromatic heterocycles. The quantitative estimate of drug-likeness (QED) is 0.253. The Bertz CT molecular complexity index is 787. The third-order valence-corrected chi connectivity index (χ3v) is 3.20. The molecule has 2 radical (unpaired) electrons. The van der Waals surface area contributed by atoms with Gasteiger partial charge in [-0.05, 0) is 11.5 Å². The van der Waals surface area contributed by atoms with Crippen molar-refractivity contribution in [1.29, 1.82) is 0 Å². The van der Waals surface area contributed by atoms with E-state index in [0.717, 1.165) is 11.0 Å². The van der Waals surface area contributed by atoms with Gasteiger partial charge in [0.25, 0.3) is 0 Å². The van der Waals surface area contributed by atoms with Gasteiger partial charge in [0.2, 0.25) is 0 Å². The standard InChI is InChI=1S/C9H8N.C8H7N2.H4P2.2Y/c1-10-7-6-8-4-2-3-5-9(8)10;1-10-6-4-7-3-2-5-9-8(7)10;1-2;;/h2-7H,1H2;2-6H,1H2;1-2H2;;/q2*-1;;;. The maximum atomic E-state index is 4.14. The average molecular weight is 505 g/mol. The molecule has 0 aliphatic heterocycles. The second-order valence-electron chi connectivity index (χ2n) is 4.55. The summed E-state index contributed by atoms with van der Waals surface area (Å²) in [5.74, 6) is 0. The van der Waals surface area contributed by atoms with Gasteiger partial charge in [-0.15, -0.1) is 50.3 Å². The number of rotatable bonds is 0. The number of benzene rings is 1. The number of para-hydroxylation sites is 1. The maximum absolute atomic E-state index is 4.14. The zero-order valence-electron chi connectivity index (χ0n) is 13.4. The molecule has 4 rings (SSSR count). The van der Waals surface area contributed by atoms with Crippen LogP contribution < -0.4 is 0 Å². The average Bonchev–Trinajstić information content (AvgIpc) is 3.15. The summed E-state index contributed by atoms with van der Waals surface area (Å²) in [5, 5.41) is 2.38. The molecule has 0 N–H and O–H groups in total. The summed E-state index contributed by atoms with van der Waals surface area (Å²) in [7, 11) is 12.3. The molecule has 0 fully saturated rings. The molecular weight excluding hydrogens is 486 g/mol. The van der Waals surface area contributed by atoms with Crippen LogP contribution in [0.3, 0.4) is 0 Å². The van der Waals surface area contributed by atoms with Crippen LogP contribution in [0, 0.1) is 14.1 Å². The minimum absolute atomic E-state index is 0. The Morgan fingerprint density at radius 2 is 1.33 bits per heavy atom. The van der Waals surface area contributed by atoms with Crippen LogP contribution >= 0.6 is 17.9 Å². The van der Waals surface area contributed by atoms with Crippen molar-refractivity contribution in [2.75, 3.05) is 0 Å². The molecule has 1 aromatic carbocycles. The molecule has 4 aromatic rings. The molecule has 2 atom stereocenters. The molecule has 24 heavy (non-hydrogen) atoms. The summed E-state index contributed by atoms with van der Waals surface area (Å²) in [6.45, 7) is 0. The topological polar surface area (TPSA) is 22.8 Å². The second kappa shape index (κ2) is 12.6. The van der Waals surface area contributed by atoms with Gasteiger partial charge < -0.3 is 14.1 Å². The normalized spacial score (nSPS) is 8.92. The van der Waals surface area contributed by atoms with Gasteiger partial charge in [-0.2, -0.15) is 0 Å². The van der Waals surface area contributed by atoms with Crippen LogP contribution in [0.15, 0.2) is 67.1 Å². The van der Waals surface area contributed by atoms with Gasteiger partial charge >= 0.3 is 0 Å². The molecule has 0 amide bonds. The van der Waals surface area contributed by atoms with Crippen molar-refractivity contribution in [3.8, 4) is 0 Å². The minimum atomic E-state index is 0. The molecule has 0 saturated heterocycles. The predicted molar refractivity (Wildman–Crippen MR) is 103 cm³/mol. The molecule has 0 bridgehead atoms. The van der Waals surface area contributed by atoms with Gasteiger partial charge in [-0.25, -0.2) is 0 Å². The van der Waals surface area contributed by atoms with E-state index < -0.39 is 0 Å². The molecule has 3 nitrogen and oxygen atoms in total. The number of hydrogen-bond acceptors (Lipinski definition) is 1. The summed E-state index contributed by atoms with van der Waals surface area (Å²) in [5.41, 5.74) is 2.12. The Morgan fingerprint density at radius 1 is 0.750 bits per heavy atom. The third-order valence-electron chi connectivity index (χ3n) is 3.20. The predicted octanol–water partition coefficient (Wildman–Crippen LogP) is 4.60. The van der Waals surface area contributed by atoms with E-state index in [1.807, 2.05) is 47.3 Å². The fraction of sp³-hybridized carbons (Fsp3) is 0. The molecule has 7 heteroatoms. The second-order valence-corrected chi connectivity index (χ2v) is 4.55. The first-order valence-corrected chi connectivity index (χ1v) is 9.35. The Labute approximate surface area is 198 Å². The molecule has 0 saturated carbocycles. The van der Waals surface area contributed by atoms with Gasteiger partial charge in [0.1, 0.15) is 0 Å². The van der Waals surface area contributed by atoms with Crippen LogP contribution in [0.5, 0.6) is 0 Å². The molecule has 0 aliphatic carbocycles. The summed E-state index contributed by atoms with van der Waals surface area (Å²) in [6, 6.07) is 16.2. The van der Waals surface area contributed by atoms with Crippen LogP contribution in [0.1, 0.15) is 0 Å². The first-order valence-electron chi connectivity index (χ1n) is 6.69. The van der Waals surface area contributed by atoms with E-state index >= 15 is 0 Å². The van der Waals surface area contributed by atoms with Gasteiger partial charge in [0.15, 0.2) is 0 Å². The fourth-order valence-corrected chi connectivity index (χ4v) is 2.16. The van der Waals surface area contributed by atoms with Crippen LogP contribution in [0.25, 0.3) is 21.9 Å². The van der Waals surface area contributed by atoms with Gasteiger partial charge in [0, 0.05) is 77.3 Å². The van der Waals surface area contributed by atoms with Crippen molar-refractivity contribution < 1.29 is 65.4 Å². The zero-order valence-corrected chi connectivity index (χ0v) is 21.4. The first kappa shape index (κ1) is 24.3. The Kier molecular flexibility index (Phi) is 12.7. The van der Waals surface area contributed by atoms with E-state index in [9.17, 15) is 0 Å². The monoisotopic (exact) mass is 505 g/mol. The van der Waals surface area contributed by atoms with E-state index in [4.69, 9.17) is 0 Å². The third kappa shape index (κ3) is 6.21. The molecule has 3 heterocycles. The summed E-state index contributed by atoms with van der Waals surface area (Å²) in [6.07, 6.45) is 5.63. The van der Waals surface area contributed by atoms with E-state index in [1.54, 1.807) is 10.8 Å². The molecular formula is C17H19N3P2Y2-2. The first-order chi connectivity index (χ1) is 10.8. The maximum Gasteiger partial charge on any atom is 0.0319 e. The number of pyridine rings is 1. The molecule has 120 valence electrons. The van der Waals surface area contributed by atoms with E-state index in [-0.39, 0.29) is 65.4 Å². The van der Waals surface area contributed by atoms with Gasteiger partial charge in [0.05, 0.1) is 0 Å². The SMILES string of the molecule is PP.[CH2-]n1ccc2ccccc21.[CH2-]n1ccc2cccnc21.[Y].[Y]. The van der Waals surface area contributed by atoms with E-state index in [2.05, 4.69) is 55.1 Å². The minimum Gasteiger partial charge on any atom is -0.487 e. The molecule has 0 aliphatic rings. The summed E-state index contributed by atoms with van der Waals surface area (Å²) < 4.78 is 3.63. The van der Waals surface area contributed by atoms with Crippen molar-refractivity contribution in [1.82, 2.24) is 14.1 Å². The Balaban J connectivity index is 0.000000372. The van der Waals surface area contributed by atoms with Gasteiger partial charge in [-0.1, -0.05) is 47.4 Å². The van der Waals surface area contributed by atoms with Crippen LogP contribution in [0.4, 0.5) is 0 Å². The number of aromatic nitrogens is 3. The van der Waals surface area contributed by atoms with E-state index in [0.29, 0.717) is 0 Å². The Morgan fingerprint density at radius 3 is 2.00 bits per heavy atom. The summed E-state index contributed by atoms with van der Waals surface area (Å²) >= 11 is 0. The number of nitrogens with zero attached hydrogens (tertiary/aromatic N) is 3. The van der Waals surface area contributed by atoms with Crippen LogP contribution in [0.2, 0.25) is 0 Å². The van der Waals surface area contributed by atoms with E-state index in [1.165, 1.54) is 10.9 Å². The van der Waals surface area contributed by atoms with Crippen LogP contribution in [-0.4, -0.2) is 14.1 Å². The van der Waals surface area contributed by atoms with Crippen molar-refractivity contribution >= 4 is 39.8 Å². The fourth-order valence-electron chi connectivity index (χ4n) is 2.16. The zero-order chi connectivity index (χ0) is 15.9. The van der Waals surface area contributed by atoms with Crippen LogP contribution in [-0.2, 0) is 65.4 Å². The van der Waals surface area contributed by atoms with Crippen molar-refractivity contribution in [2.45, 2.75) is 0 Å².